The monoisotopic (exact) mass is 337 g/mol. The Kier molecular flexibility index (Phi) is 4.61. The van der Waals surface area contributed by atoms with Crippen LogP contribution in [0, 0.1) is 0 Å². The Balaban J connectivity index is 2.55. The fourth-order valence-corrected chi connectivity index (χ4v) is 3.88. The summed E-state index contributed by atoms with van der Waals surface area (Å²) in [5, 5.41) is 1.13. The van der Waals surface area contributed by atoms with Crippen LogP contribution in [0.3, 0.4) is 0 Å². The molecule has 0 radical (unpaired) electrons. The molecule has 1 saturated heterocycles. The molecule has 1 aliphatic heterocycles. The van der Waals surface area contributed by atoms with E-state index in [2.05, 4.69) is 30.7 Å². The normalized spacial score (nSPS) is 19.8. The molecule has 0 atom stereocenters. The van der Waals surface area contributed by atoms with E-state index in [-0.39, 0.29) is 0 Å². The molecular formula is C16H28BNO4Si. The quantitative estimate of drug-likeness (QED) is 0.786. The molecule has 0 unspecified atom stereocenters. The first kappa shape index (κ1) is 18.3. The van der Waals surface area contributed by atoms with Gasteiger partial charge in [0.05, 0.1) is 33.5 Å². The highest BCUT2D eigenvalue weighted by molar-refractivity contribution is 6.89. The van der Waals surface area contributed by atoms with E-state index in [1.807, 2.05) is 27.7 Å². The Bertz CT molecular complexity index is 582. The van der Waals surface area contributed by atoms with E-state index < -0.39 is 26.4 Å². The molecule has 1 aliphatic rings. The molecule has 5 nitrogen and oxygen atoms in total. The summed E-state index contributed by atoms with van der Waals surface area (Å²) in [6, 6.07) is 2.08. The first-order valence-corrected chi connectivity index (χ1v) is 11.4. The van der Waals surface area contributed by atoms with Crippen LogP contribution < -0.4 is 20.1 Å². The van der Waals surface area contributed by atoms with Crippen LogP contribution in [0.2, 0.25) is 19.6 Å². The van der Waals surface area contributed by atoms with Crippen molar-refractivity contribution in [1.29, 1.82) is 0 Å². The highest BCUT2D eigenvalue weighted by Gasteiger charge is 2.53. The Labute approximate surface area is 140 Å². The van der Waals surface area contributed by atoms with Crippen molar-refractivity contribution in [3.63, 3.8) is 0 Å². The zero-order valence-electron chi connectivity index (χ0n) is 15.7. The Morgan fingerprint density at radius 2 is 1.43 bits per heavy atom. The van der Waals surface area contributed by atoms with Gasteiger partial charge < -0.3 is 18.8 Å². The summed E-state index contributed by atoms with van der Waals surface area (Å²) in [6.07, 6.45) is 0. The van der Waals surface area contributed by atoms with Crippen molar-refractivity contribution >= 4 is 25.8 Å². The molecule has 0 saturated carbocycles. The number of aromatic nitrogens is 1. The second-order valence-corrected chi connectivity index (χ2v) is 13.0. The van der Waals surface area contributed by atoms with Crippen LogP contribution in [0.5, 0.6) is 11.8 Å². The summed E-state index contributed by atoms with van der Waals surface area (Å²) in [6.45, 7) is 14.9. The summed E-state index contributed by atoms with van der Waals surface area (Å²) < 4.78 is 23.3. The molecule has 0 aliphatic carbocycles. The van der Waals surface area contributed by atoms with Gasteiger partial charge in [0.2, 0.25) is 11.8 Å². The zero-order chi connectivity index (χ0) is 17.6. The fourth-order valence-electron chi connectivity index (χ4n) is 2.49. The standard InChI is InChI=1S/C16H28BNO4Si/c1-15(2)16(3,4)22-17(21-15)11-10-12(23(7,8)9)14(20-6)18-13(11)19-5/h10H,1-9H3. The van der Waals surface area contributed by atoms with Gasteiger partial charge in [-0.25, -0.2) is 0 Å². The van der Waals surface area contributed by atoms with Gasteiger partial charge in [-0.05, 0) is 27.7 Å². The van der Waals surface area contributed by atoms with E-state index in [1.54, 1.807) is 14.2 Å². The molecule has 1 aromatic heterocycles. The van der Waals surface area contributed by atoms with Crippen LogP contribution in [-0.2, 0) is 9.31 Å². The average Bonchev–Trinajstić information content (AvgIpc) is 2.64. The molecule has 128 valence electrons. The SMILES string of the molecule is COc1nc(OC)c([Si](C)(C)C)cc1B1OC(C)(C)C(C)(C)O1. The zero-order valence-corrected chi connectivity index (χ0v) is 16.7. The lowest BCUT2D eigenvalue weighted by atomic mass is 9.79. The Morgan fingerprint density at radius 1 is 0.957 bits per heavy atom. The van der Waals surface area contributed by atoms with Crippen LogP contribution in [0.1, 0.15) is 27.7 Å². The minimum Gasteiger partial charge on any atom is -0.481 e. The lowest BCUT2D eigenvalue weighted by Gasteiger charge is -2.32. The first-order chi connectivity index (χ1) is 10.4. The number of rotatable bonds is 4. The van der Waals surface area contributed by atoms with Crippen molar-refractivity contribution in [2.45, 2.75) is 58.5 Å². The van der Waals surface area contributed by atoms with Gasteiger partial charge in [-0.2, -0.15) is 4.98 Å². The van der Waals surface area contributed by atoms with Gasteiger partial charge in [-0.15, -0.1) is 0 Å². The second-order valence-electron chi connectivity index (χ2n) is 7.98. The third kappa shape index (κ3) is 3.27. The summed E-state index contributed by atoms with van der Waals surface area (Å²) in [4.78, 5) is 4.55. The smallest absolute Gasteiger partial charge is 0.481 e. The maximum absolute atomic E-state index is 6.17. The van der Waals surface area contributed by atoms with E-state index in [4.69, 9.17) is 18.8 Å². The molecule has 0 bridgehead atoms. The van der Waals surface area contributed by atoms with Crippen molar-refractivity contribution in [3.05, 3.63) is 6.07 Å². The number of hydrogen-bond donors (Lipinski definition) is 0. The highest BCUT2D eigenvalue weighted by atomic mass is 28.3. The number of ether oxygens (including phenoxy) is 2. The molecule has 0 aromatic carbocycles. The van der Waals surface area contributed by atoms with Crippen LogP contribution in [0.4, 0.5) is 0 Å². The molecule has 2 heterocycles. The number of methoxy groups -OCH3 is 2. The van der Waals surface area contributed by atoms with Crippen LogP contribution in [0.15, 0.2) is 6.07 Å². The van der Waals surface area contributed by atoms with E-state index in [0.29, 0.717) is 11.8 Å². The van der Waals surface area contributed by atoms with Gasteiger partial charge in [0.25, 0.3) is 0 Å². The predicted octanol–water partition coefficient (Wildman–Crippen LogP) is 1.94. The summed E-state index contributed by atoms with van der Waals surface area (Å²) in [5.41, 5.74) is 0.0218. The largest absolute Gasteiger partial charge is 0.500 e. The maximum atomic E-state index is 6.17. The van der Waals surface area contributed by atoms with Gasteiger partial charge >= 0.3 is 7.12 Å². The lowest BCUT2D eigenvalue weighted by molar-refractivity contribution is 0.00578. The average molecular weight is 337 g/mol. The van der Waals surface area contributed by atoms with Gasteiger partial charge in [0, 0.05) is 10.6 Å². The van der Waals surface area contributed by atoms with Crippen molar-refractivity contribution in [2.24, 2.45) is 0 Å². The highest BCUT2D eigenvalue weighted by Crippen LogP contribution is 2.37. The summed E-state index contributed by atoms with van der Waals surface area (Å²) >= 11 is 0. The fraction of sp³-hybridized carbons (Fsp3) is 0.688. The predicted molar refractivity (Wildman–Crippen MR) is 96.0 cm³/mol. The Morgan fingerprint density at radius 3 is 1.83 bits per heavy atom. The molecular weight excluding hydrogens is 309 g/mol. The summed E-state index contributed by atoms with van der Waals surface area (Å²) in [7, 11) is 1.10. The molecule has 23 heavy (non-hydrogen) atoms. The van der Waals surface area contributed by atoms with Crippen LogP contribution in [0.25, 0.3) is 0 Å². The number of pyridine rings is 1. The lowest BCUT2D eigenvalue weighted by Crippen LogP contribution is -2.45. The number of hydrogen-bond acceptors (Lipinski definition) is 5. The van der Waals surface area contributed by atoms with Crippen molar-refractivity contribution < 1.29 is 18.8 Å². The van der Waals surface area contributed by atoms with E-state index in [1.165, 1.54) is 0 Å². The molecule has 1 aromatic rings. The van der Waals surface area contributed by atoms with E-state index in [9.17, 15) is 0 Å². The van der Waals surface area contributed by atoms with Crippen molar-refractivity contribution in [3.8, 4) is 11.8 Å². The van der Waals surface area contributed by atoms with Crippen molar-refractivity contribution in [2.75, 3.05) is 14.2 Å². The van der Waals surface area contributed by atoms with E-state index >= 15 is 0 Å². The third-order valence-electron chi connectivity index (χ3n) is 4.68. The van der Waals surface area contributed by atoms with E-state index in [0.717, 1.165) is 10.6 Å². The molecule has 0 amide bonds. The van der Waals surface area contributed by atoms with Gasteiger partial charge in [0.15, 0.2) is 0 Å². The molecule has 0 spiro atoms. The first-order valence-electron chi connectivity index (χ1n) is 7.92. The van der Waals surface area contributed by atoms with Crippen molar-refractivity contribution in [1.82, 2.24) is 4.98 Å². The summed E-state index contributed by atoms with van der Waals surface area (Å²) in [5.74, 6) is 1.11. The second kappa shape index (κ2) is 5.79. The Hall–Kier alpha value is -1.05. The van der Waals surface area contributed by atoms with Crippen LogP contribution in [-0.4, -0.2) is 45.6 Å². The molecule has 7 heteroatoms. The van der Waals surface area contributed by atoms with Gasteiger partial charge in [-0.3, -0.25) is 0 Å². The number of nitrogens with zero attached hydrogens (tertiary/aromatic N) is 1. The molecule has 2 rings (SSSR count). The minimum absolute atomic E-state index is 0.401. The molecule has 1 fully saturated rings. The maximum Gasteiger partial charge on any atom is 0.500 e. The third-order valence-corrected chi connectivity index (χ3v) is 6.66. The van der Waals surface area contributed by atoms with Gasteiger partial charge in [0.1, 0.15) is 0 Å². The van der Waals surface area contributed by atoms with Gasteiger partial charge in [-0.1, -0.05) is 25.7 Å². The van der Waals surface area contributed by atoms with Crippen LogP contribution >= 0.6 is 0 Å². The molecule has 0 N–H and O–H groups in total. The topological polar surface area (TPSA) is 49.8 Å². The minimum atomic E-state index is -1.64.